The Morgan fingerprint density at radius 2 is 1.86 bits per heavy atom. The summed E-state index contributed by atoms with van der Waals surface area (Å²) < 4.78 is 0. The predicted octanol–water partition coefficient (Wildman–Crippen LogP) is 6.11. The predicted molar refractivity (Wildman–Crippen MR) is 94.0 cm³/mol. The number of hydrogen-bond donors (Lipinski definition) is 0. The molecule has 2 rings (SSSR count). The average Bonchev–Trinajstić information content (AvgIpc) is 2.66. The van der Waals surface area contributed by atoms with Crippen molar-refractivity contribution in [1.29, 1.82) is 0 Å². The molecular weight excluding hydrogens is 252 g/mol. The molecule has 0 aliphatic heterocycles. The minimum Gasteiger partial charge on any atom is -0.0911 e. The van der Waals surface area contributed by atoms with E-state index in [1.165, 1.54) is 16.7 Å². The average molecular weight is 276 g/mol. The fourth-order valence-corrected chi connectivity index (χ4v) is 2.36. The van der Waals surface area contributed by atoms with Gasteiger partial charge in [-0.1, -0.05) is 94.1 Å². The van der Waals surface area contributed by atoms with Crippen LogP contribution in [0.4, 0.5) is 0 Å². The third-order valence-electron chi connectivity index (χ3n) is 3.74. The number of hydrogen-bond acceptors (Lipinski definition) is 0. The van der Waals surface area contributed by atoms with E-state index in [0.717, 1.165) is 12.0 Å². The second-order valence-electron chi connectivity index (χ2n) is 6.05. The van der Waals surface area contributed by atoms with Gasteiger partial charge in [-0.25, -0.2) is 0 Å². The van der Waals surface area contributed by atoms with Crippen molar-refractivity contribution in [2.75, 3.05) is 0 Å². The minimum atomic E-state index is 0.119. The molecule has 0 nitrogen and oxygen atoms in total. The second-order valence-corrected chi connectivity index (χ2v) is 6.05. The standard InChI is InChI=1S/C21H24/c1-5-18(16-17(2)19-10-7-6-8-11-19)20-12-9-14-21(3,4)15-13-20/h6-16H,2,5H2,1,3-4H3/b18-16+. The van der Waals surface area contributed by atoms with Gasteiger partial charge < -0.3 is 0 Å². The molecule has 0 heteroatoms. The van der Waals surface area contributed by atoms with Crippen LogP contribution >= 0.6 is 0 Å². The molecule has 1 aromatic carbocycles. The zero-order valence-electron chi connectivity index (χ0n) is 13.3. The van der Waals surface area contributed by atoms with E-state index in [2.05, 4.69) is 88.1 Å². The highest BCUT2D eigenvalue weighted by atomic mass is 14.2. The lowest BCUT2D eigenvalue weighted by Gasteiger charge is -2.13. The monoisotopic (exact) mass is 276 g/mol. The fourth-order valence-electron chi connectivity index (χ4n) is 2.36. The molecule has 0 saturated carbocycles. The van der Waals surface area contributed by atoms with Crippen LogP contribution in [0, 0.1) is 5.41 Å². The van der Waals surface area contributed by atoms with Gasteiger partial charge in [0.25, 0.3) is 0 Å². The molecule has 0 fully saturated rings. The smallest absolute Gasteiger partial charge is 0.00109 e. The lowest BCUT2D eigenvalue weighted by molar-refractivity contribution is 0.627. The first kappa shape index (κ1) is 15.3. The van der Waals surface area contributed by atoms with Gasteiger partial charge in [-0.3, -0.25) is 0 Å². The van der Waals surface area contributed by atoms with E-state index in [-0.39, 0.29) is 5.41 Å². The van der Waals surface area contributed by atoms with Crippen molar-refractivity contribution in [3.63, 3.8) is 0 Å². The van der Waals surface area contributed by atoms with Crippen molar-refractivity contribution < 1.29 is 0 Å². The zero-order chi connectivity index (χ0) is 15.3. The molecule has 0 heterocycles. The highest BCUT2D eigenvalue weighted by molar-refractivity contribution is 5.74. The van der Waals surface area contributed by atoms with E-state index in [4.69, 9.17) is 0 Å². The maximum absolute atomic E-state index is 4.21. The highest BCUT2D eigenvalue weighted by Crippen LogP contribution is 2.27. The second kappa shape index (κ2) is 6.58. The molecule has 0 bridgehead atoms. The first-order chi connectivity index (χ1) is 10.0. The van der Waals surface area contributed by atoms with Crippen molar-refractivity contribution in [3.8, 4) is 0 Å². The van der Waals surface area contributed by atoms with E-state index in [1.54, 1.807) is 0 Å². The summed E-state index contributed by atoms with van der Waals surface area (Å²) in [5.41, 5.74) is 4.96. The molecule has 0 unspecified atom stereocenters. The highest BCUT2D eigenvalue weighted by Gasteiger charge is 2.11. The molecule has 1 aliphatic carbocycles. The maximum Gasteiger partial charge on any atom is 0.00109 e. The van der Waals surface area contributed by atoms with Crippen LogP contribution in [0.15, 0.2) is 84.5 Å². The number of benzene rings is 1. The zero-order valence-corrected chi connectivity index (χ0v) is 13.3. The topological polar surface area (TPSA) is 0 Å². The third-order valence-corrected chi connectivity index (χ3v) is 3.74. The van der Waals surface area contributed by atoms with Crippen molar-refractivity contribution in [3.05, 3.63) is 90.1 Å². The molecule has 0 radical (unpaired) electrons. The third kappa shape index (κ3) is 4.19. The van der Waals surface area contributed by atoms with Gasteiger partial charge in [0, 0.05) is 5.41 Å². The van der Waals surface area contributed by atoms with Crippen LogP contribution < -0.4 is 0 Å². The van der Waals surface area contributed by atoms with Crippen molar-refractivity contribution in [2.24, 2.45) is 5.41 Å². The Hall–Kier alpha value is -2.08. The number of rotatable bonds is 4. The lowest BCUT2D eigenvalue weighted by Crippen LogP contribution is -2.00. The molecule has 108 valence electrons. The quantitative estimate of drug-likeness (QED) is 0.581. The van der Waals surface area contributed by atoms with Gasteiger partial charge >= 0.3 is 0 Å². The number of allylic oxidation sites excluding steroid dienone is 9. The Morgan fingerprint density at radius 1 is 1.14 bits per heavy atom. The summed E-state index contributed by atoms with van der Waals surface area (Å²) in [4.78, 5) is 0. The normalized spacial score (nSPS) is 17.3. The van der Waals surface area contributed by atoms with Gasteiger partial charge in [0.1, 0.15) is 0 Å². The summed E-state index contributed by atoms with van der Waals surface area (Å²) >= 11 is 0. The minimum absolute atomic E-state index is 0.119. The molecule has 21 heavy (non-hydrogen) atoms. The molecule has 0 spiro atoms. The first-order valence-electron chi connectivity index (χ1n) is 7.56. The van der Waals surface area contributed by atoms with Crippen LogP contribution in [-0.2, 0) is 0 Å². The van der Waals surface area contributed by atoms with E-state index >= 15 is 0 Å². The van der Waals surface area contributed by atoms with E-state index in [1.807, 2.05) is 6.07 Å². The van der Waals surface area contributed by atoms with Gasteiger partial charge in [0.05, 0.1) is 0 Å². The van der Waals surface area contributed by atoms with Crippen molar-refractivity contribution >= 4 is 5.57 Å². The molecule has 0 N–H and O–H groups in total. The van der Waals surface area contributed by atoms with Gasteiger partial charge in [0.15, 0.2) is 0 Å². The Kier molecular flexibility index (Phi) is 4.80. The summed E-state index contributed by atoms with van der Waals surface area (Å²) in [6, 6.07) is 10.3. The molecule has 1 aliphatic rings. The summed E-state index contributed by atoms with van der Waals surface area (Å²) in [5, 5.41) is 0. The van der Waals surface area contributed by atoms with Crippen LogP contribution in [0.25, 0.3) is 5.57 Å². The first-order valence-corrected chi connectivity index (χ1v) is 7.56. The van der Waals surface area contributed by atoms with Crippen molar-refractivity contribution in [1.82, 2.24) is 0 Å². The van der Waals surface area contributed by atoms with Gasteiger partial charge in [-0.2, -0.15) is 0 Å². The Labute approximate surface area is 128 Å². The van der Waals surface area contributed by atoms with E-state index in [0.29, 0.717) is 0 Å². The van der Waals surface area contributed by atoms with Gasteiger partial charge in [-0.15, -0.1) is 0 Å². The maximum atomic E-state index is 4.21. The SMILES string of the molecule is C=C(/C=C(\CC)C1=CC=CC(C)(C)C=C1)c1ccccc1. The fraction of sp³-hybridized carbons (Fsp3) is 0.238. The molecule has 0 aromatic heterocycles. The largest absolute Gasteiger partial charge is 0.0911 e. The lowest BCUT2D eigenvalue weighted by atomic mass is 9.92. The summed E-state index contributed by atoms with van der Waals surface area (Å²) in [6.07, 6.45) is 14.3. The van der Waals surface area contributed by atoms with E-state index in [9.17, 15) is 0 Å². The van der Waals surface area contributed by atoms with Crippen LogP contribution in [0.1, 0.15) is 32.8 Å². The Morgan fingerprint density at radius 3 is 2.52 bits per heavy atom. The van der Waals surface area contributed by atoms with E-state index < -0.39 is 0 Å². The summed E-state index contributed by atoms with van der Waals surface area (Å²) in [5.74, 6) is 0. The van der Waals surface area contributed by atoms with Crippen LogP contribution in [-0.4, -0.2) is 0 Å². The molecule has 0 saturated heterocycles. The van der Waals surface area contributed by atoms with Crippen molar-refractivity contribution in [2.45, 2.75) is 27.2 Å². The van der Waals surface area contributed by atoms with Crippen LogP contribution in [0.3, 0.4) is 0 Å². The molecule has 0 atom stereocenters. The summed E-state index contributed by atoms with van der Waals surface area (Å²) in [7, 11) is 0. The summed E-state index contributed by atoms with van der Waals surface area (Å²) in [6.45, 7) is 10.8. The molecular formula is C21H24. The Balaban J connectivity index is 2.28. The van der Waals surface area contributed by atoms with Gasteiger partial charge in [0.2, 0.25) is 0 Å². The molecule has 0 amide bonds. The van der Waals surface area contributed by atoms with Gasteiger partial charge in [-0.05, 0) is 28.7 Å². The van der Waals surface area contributed by atoms with Crippen LogP contribution in [0.2, 0.25) is 0 Å². The molecule has 1 aromatic rings. The Bertz CT molecular complexity index is 619. The van der Waals surface area contributed by atoms with Crippen LogP contribution in [0.5, 0.6) is 0 Å².